The van der Waals surface area contributed by atoms with Crippen molar-refractivity contribution in [3.05, 3.63) is 17.5 Å². The third-order valence-electron chi connectivity index (χ3n) is 3.83. The van der Waals surface area contributed by atoms with Gasteiger partial charge in [-0.2, -0.15) is 4.31 Å². The largest absolute Gasteiger partial charge is 0.313 e. The zero-order valence-corrected chi connectivity index (χ0v) is 12.5. The quantitative estimate of drug-likeness (QED) is 0.873. The molecule has 1 atom stereocenters. The minimum absolute atomic E-state index is 0.327. The molecule has 0 radical (unpaired) electrons. The predicted octanol–water partition coefficient (Wildman–Crippen LogP) is 1.90. The lowest BCUT2D eigenvalue weighted by Gasteiger charge is -2.24. The molecule has 0 aromatic carbocycles. The van der Waals surface area contributed by atoms with Gasteiger partial charge in [0.25, 0.3) is 10.0 Å². The molecule has 3 rings (SSSR count). The second-order valence-electron chi connectivity index (χ2n) is 5.49. The standard InChI is InChI=1S/C13H20N2O2S2/c16-19(17,13-4-2-8-18-13)15(9-11-5-6-11)10-12-3-1-7-14-12/h2,4,8,11-12,14H,1,3,5-7,9-10H2. The molecule has 1 aliphatic heterocycles. The Morgan fingerprint density at radius 1 is 1.32 bits per heavy atom. The highest BCUT2D eigenvalue weighted by atomic mass is 32.2. The molecule has 1 unspecified atom stereocenters. The van der Waals surface area contributed by atoms with Crippen LogP contribution in [-0.2, 0) is 10.0 Å². The Balaban J connectivity index is 1.76. The number of sulfonamides is 1. The first-order valence-electron chi connectivity index (χ1n) is 6.93. The summed E-state index contributed by atoms with van der Waals surface area (Å²) in [5.41, 5.74) is 0. The van der Waals surface area contributed by atoms with Crippen molar-refractivity contribution in [1.29, 1.82) is 0 Å². The normalized spacial score (nSPS) is 24.2. The lowest BCUT2D eigenvalue weighted by atomic mass is 10.2. The molecule has 1 aliphatic carbocycles. The highest BCUT2D eigenvalue weighted by molar-refractivity contribution is 7.91. The molecule has 4 nitrogen and oxygen atoms in total. The second-order valence-corrected chi connectivity index (χ2v) is 8.60. The zero-order chi connectivity index (χ0) is 13.3. The van der Waals surface area contributed by atoms with Gasteiger partial charge in [0.15, 0.2) is 0 Å². The van der Waals surface area contributed by atoms with Crippen molar-refractivity contribution in [3.63, 3.8) is 0 Å². The second kappa shape index (κ2) is 5.52. The van der Waals surface area contributed by atoms with Crippen molar-refractivity contribution in [1.82, 2.24) is 9.62 Å². The molecule has 2 aliphatic rings. The predicted molar refractivity (Wildman–Crippen MR) is 76.8 cm³/mol. The molecule has 106 valence electrons. The molecular formula is C13H20N2O2S2. The van der Waals surface area contributed by atoms with Crippen LogP contribution in [-0.4, -0.2) is 38.4 Å². The van der Waals surface area contributed by atoms with Gasteiger partial charge in [-0.25, -0.2) is 8.42 Å². The van der Waals surface area contributed by atoms with Crippen LogP contribution in [0, 0.1) is 5.92 Å². The smallest absolute Gasteiger partial charge is 0.252 e. The van der Waals surface area contributed by atoms with Crippen LogP contribution >= 0.6 is 11.3 Å². The Kier molecular flexibility index (Phi) is 3.93. The van der Waals surface area contributed by atoms with Crippen molar-refractivity contribution in [2.45, 2.75) is 35.9 Å². The van der Waals surface area contributed by atoms with E-state index in [-0.39, 0.29) is 0 Å². The maximum atomic E-state index is 12.7. The molecule has 1 N–H and O–H groups in total. The van der Waals surface area contributed by atoms with Crippen LogP contribution in [0.5, 0.6) is 0 Å². The first kappa shape index (κ1) is 13.5. The van der Waals surface area contributed by atoms with E-state index in [0.717, 1.165) is 19.4 Å². The van der Waals surface area contributed by atoms with Gasteiger partial charge < -0.3 is 5.32 Å². The van der Waals surface area contributed by atoms with Gasteiger partial charge in [0.2, 0.25) is 0 Å². The van der Waals surface area contributed by atoms with E-state index in [9.17, 15) is 8.42 Å². The molecule has 6 heteroatoms. The maximum Gasteiger partial charge on any atom is 0.252 e. The fourth-order valence-corrected chi connectivity index (χ4v) is 5.26. The summed E-state index contributed by atoms with van der Waals surface area (Å²) < 4.78 is 27.5. The molecule has 1 aromatic rings. The number of nitrogens with one attached hydrogen (secondary N) is 1. The highest BCUT2D eigenvalue weighted by Gasteiger charge is 2.34. The third-order valence-corrected chi connectivity index (χ3v) is 7.04. The Bertz CT molecular complexity index is 503. The molecule has 0 bridgehead atoms. The van der Waals surface area contributed by atoms with Crippen molar-refractivity contribution in [3.8, 4) is 0 Å². The van der Waals surface area contributed by atoms with Crippen LogP contribution in [0.25, 0.3) is 0 Å². The van der Waals surface area contributed by atoms with Crippen LogP contribution in [0.15, 0.2) is 21.7 Å². The number of hydrogen-bond acceptors (Lipinski definition) is 4. The average Bonchev–Trinajstić information content (AvgIpc) is 2.87. The number of nitrogens with zero attached hydrogens (tertiary/aromatic N) is 1. The summed E-state index contributed by atoms with van der Waals surface area (Å²) in [6.07, 6.45) is 4.59. The van der Waals surface area contributed by atoms with Crippen LogP contribution in [0.4, 0.5) is 0 Å². The first-order valence-corrected chi connectivity index (χ1v) is 9.25. The highest BCUT2D eigenvalue weighted by Crippen LogP contribution is 2.32. The van der Waals surface area contributed by atoms with Gasteiger partial charge in [0.1, 0.15) is 4.21 Å². The molecule has 2 heterocycles. The summed E-state index contributed by atoms with van der Waals surface area (Å²) in [5.74, 6) is 0.580. The number of thiophene rings is 1. The van der Waals surface area contributed by atoms with Crippen molar-refractivity contribution in [2.24, 2.45) is 5.92 Å². The van der Waals surface area contributed by atoms with Gasteiger partial charge >= 0.3 is 0 Å². The van der Waals surface area contributed by atoms with Crippen LogP contribution in [0.3, 0.4) is 0 Å². The molecule has 1 saturated carbocycles. The fraction of sp³-hybridized carbons (Fsp3) is 0.692. The number of rotatable bonds is 6. The molecule has 0 amide bonds. The van der Waals surface area contributed by atoms with Gasteiger partial charge in [-0.1, -0.05) is 6.07 Å². The molecular weight excluding hydrogens is 280 g/mol. The van der Waals surface area contributed by atoms with E-state index in [4.69, 9.17) is 0 Å². The van der Waals surface area contributed by atoms with Crippen molar-refractivity contribution < 1.29 is 8.42 Å². The summed E-state index contributed by atoms with van der Waals surface area (Å²) in [6, 6.07) is 3.84. The first-order chi connectivity index (χ1) is 9.16. The van der Waals surface area contributed by atoms with Gasteiger partial charge in [-0.15, -0.1) is 11.3 Å². The summed E-state index contributed by atoms with van der Waals surface area (Å²) in [4.78, 5) is 0. The average molecular weight is 300 g/mol. The van der Waals surface area contributed by atoms with Crippen LogP contribution in [0.1, 0.15) is 25.7 Å². The molecule has 1 aromatic heterocycles. The molecule has 0 spiro atoms. The minimum atomic E-state index is -3.29. The van der Waals surface area contributed by atoms with Gasteiger partial charge in [0, 0.05) is 19.1 Å². The van der Waals surface area contributed by atoms with E-state index >= 15 is 0 Å². The Morgan fingerprint density at radius 3 is 2.74 bits per heavy atom. The van der Waals surface area contributed by atoms with Gasteiger partial charge in [-0.05, 0) is 49.6 Å². The van der Waals surface area contributed by atoms with Crippen molar-refractivity contribution in [2.75, 3.05) is 19.6 Å². The fourth-order valence-electron chi connectivity index (χ4n) is 2.56. The van der Waals surface area contributed by atoms with Gasteiger partial charge in [-0.3, -0.25) is 0 Å². The maximum absolute atomic E-state index is 12.7. The lowest BCUT2D eigenvalue weighted by molar-refractivity contribution is 0.359. The van der Waals surface area contributed by atoms with E-state index in [0.29, 0.717) is 29.3 Å². The molecule has 1 saturated heterocycles. The van der Waals surface area contributed by atoms with E-state index in [1.807, 2.05) is 5.38 Å². The van der Waals surface area contributed by atoms with Gasteiger partial charge in [0.05, 0.1) is 0 Å². The topological polar surface area (TPSA) is 49.4 Å². The SMILES string of the molecule is O=S(=O)(c1cccs1)N(CC1CC1)CC1CCCN1. The summed E-state index contributed by atoms with van der Waals surface area (Å²) in [6.45, 7) is 2.33. The molecule has 19 heavy (non-hydrogen) atoms. The van der Waals surface area contributed by atoms with E-state index in [2.05, 4.69) is 5.32 Å². The van der Waals surface area contributed by atoms with Crippen LogP contribution < -0.4 is 5.32 Å². The van der Waals surface area contributed by atoms with E-state index in [1.54, 1.807) is 16.4 Å². The number of hydrogen-bond donors (Lipinski definition) is 1. The zero-order valence-electron chi connectivity index (χ0n) is 10.9. The van der Waals surface area contributed by atoms with E-state index < -0.39 is 10.0 Å². The minimum Gasteiger partial charge on any atom is -0.313 e. The molecule has 2 fully saturated rings. The summed E-state index contributed by atoms with van der Waals surface area (Å²) in [5, 5.41) is 5.22. The third kappa shape index (κ3) is 3.18. The van der Waals surface area contributed by atoms with Crippen molar-refractivity contribution >= 4 is 21.4 Å². The van der Waals surface area contributed by atoms with Crippen LogP contribution in [0.2, 0.25) is 0 Å². The van der Waals surface area contributed by atoms with E-state index in [1.165, 1.54) is 24.2 Å². The Hall–Kier alpha value is -0.430. The lowest BCUT2D eigenvalue weighted by Crippen LogP contribution is -2.41. The summed E-state index contributed by atoms with van der Waals surface area (Å²) >= 11 is 1.31. The summed E-state index contributed by atoms with van der Waals surface area (Å²) in [7, 11) is -3.29. The Morgan fingerprint density at radius 2 is 2.16 bits per heavy atom. The monoisotopic (exact) mass is 300 g/mol. The Labute approximate surface area is 118 Å².